The molecule has 2 aromatic carbocycles. The van der Waals surface area contributed by atoms with Gasteiger partial charge in [0.25, 0.3) is 0 Å². The molecule has 28 heavy (non-hydrogen) atoms. The Bertz CT molecular complexity index is 912. The normalized spacial score (nSPS) is 16.4. The molecule has 0 saturated heterocycles. The van der Waals surface area contributed by atoms with Crippen LogP contribution in [0.2, 0.25) is 0 Å². The Morgan fingerprint density at radius 1 is 1.18 bits per heavy atom. The third kappa shape index (κ3) is 3.71. The zero-order chi connectivity index (χ0) is 20.6. The van der Waals surface area contributed by atoms with Gasteiger partial charge in [-0.25, -0.2) is 0 Å². The molecule has 2 aromatic rings. The molecule has 7 nitrogen and oxygen atoms in total. The van der Waals surface area contributed by atoms with Crippen LogP contribution < -0.4 is 9.47 Å². The third-order valence-corrected chi connectivity index (χ3v) is 4.87. The van der Waals surface area contributed by atoms with Crippen LogP contribution in [0.5, 0.6) is 28.7 Å². The topological polar surface area (TPSA) is 116 Å². The summed E-state index contributed by atoms with van der Waals surface area (Å²) in [5, 5.41) is 40.0. The molecule has 1 heterocycles. The molecule has 1 aliphatic rings. The molecule has 1 unspecified atom stereocenters. The van der Waals surface area contributed by atoms with Gasteiger partial charge in [-0.05, 0) is 32.8 Å². The first-order chi connectivity index (χ1) is 13.1. The maximum Gasteiger partial charge on any atom is 0.181 e. The minimum atomic E-state index is -0.927. The summed E-state index contributed by atoms with van der Waals surface area (Å²) in [7, 11) is 1.45. The van der Waals surface area contributed by atoms with Gasteiger partial charge in [0.1, 0.15) is 40.9 Å². The Kier molecular flexibility index (Phi) is 5.12. The van der Waals surface area contributed by atoms with Crippen LogP contribution in [0.4, 0.5) is 0 Å². The van der Waals surface area contributed by atoms with Gasteiger partial charge in [-0.2, -0.15) is 0 Å². The first kappa shape index (κ1) is 19.8. The number of phenols is 3. The molecule has 0 saturated carbocycles. The van der Waals surface area contributed by atoms with Crippen molar-refractivity contribution in [2.75, 3.05) is 13.7 Å². The number of aromatic hydroxyl groups is 3. The zero-order valence-electron chi connectivity index (χ0n) is 16.0. The molecule has 1 atom stereocenters. The van der Waals surface area contributed by atoms with Crippen LogP contribution in [-0.4, -0.2) is 45.5 Å². The SMILES string of the molecule is COc1c(C2COc3cc(O)cc(O)c3C2=O)ccc(O)c1CCC(C)(C)O. The van der Waals surface area contributed by atoms with Crippen molar-refractivity contribution in [3.63, 3.8) is 0 Å². The van der Waals surface area contributed by atoms with Crippen LogP contribution >= 0.6 is 0 Å². The molecule has 0 aromatic heterocycles. The molecule has 0 radical (unpaired) electrons. The van der Waals surface area contributed by atoms with E-state index in [9.17, 15) is 25.2 Å². The number of methoxy groups -OCH3 is 1. The number of Topliss-reactive ketones (excluding diaryl/α,β-unsaturated/α-hetero) is 1. The lowest BCUT2D eigenvalue weighted by molar-refractivity contribution is 0.0710. The summed E-state index contributed by atoms with van der Waals surface area (Å²) in [6.07, 6.45) is 0.738. The number of carbonyl (C=O) groups excluding carboxylic acids is 1. The van der Waals surface area contributed by atoms with Crippen molar-refractivity contribution in [1.82, 2.24) is 0 Å². The Balaban J connectivity index is 2.03. The number of aliphatic hydroxyl groups is 1. The molecule has 1 aliphatic heterocycles. The average molecular weight is 388 g/mol. The molecule has 0 amide bonds. The Morgan fingerprint density at radius 3 is 2.54 bits per heavy atom. The quantitative estimate of drug-likeness (QED) is 0.622. The Labute approximate surface area is 162 Å². The molecule has 0 spiro atoms. The number of ketones is 1. The van der Waals surface area contributed by atoms with Gasteiger partial charge in [0.15, 0.2) is 5.78 Å². The standard InChI is InChI=1S/C21H24O7/c1-21(2,26)7-6-13-15(23)5-4-12(20(13)27-3)14-10-28-17-9-11(22)8-16(24)18(17)19(14)25/h4-5,8-9,14,22-24,26H,6-7,10H2,1-3H3. The molecular weight excluding hydrogens is 364 g/mol. The molecule has 150 valence electrons. The molecular formula is C21H24O7. The number of rotatable bonds is 5. The second-order valence-corrected chi connectivity index (χ2v) is 7.56. The van der Waals surface area contributed by atoms with Crippen LogP contribution in [-0.2, 0) is 6.42 Å². The first-order valence-electron chi connectivity index (χ1n) is 8.96. The van der Waals surface area contributed by atoms with E-state index in [-0.39, 0.29) is 41.0 Å². The van der Waals surface area contributed by atoms with Gasteiger partial charge in [0.2, 0.25) is 0 Å². The molecule has 7 heteroatoms. The van der Waals surface area contributed by atoms with E-state index in [4.69, 9.17) is 9.47 Å². The number of benzene rings is 2. The number of phenolic OH excluding ortho intramolecular Hbond substituents is 3. The summed E-state index contributed by atoms with van der Waals surface area (Å²) >= 11 is 0. The van der Waals surface area contributed by atoms with E-state index in [2.05, 4.69) is 0 Å². The minimum absolute atomic E-state index is 0.000789. The number of ether oxygens (including phenoxy) is 2. The molecule has 3 rings (SSSR count). The van der Waals surface area contributed by atoms with Crippen LogP contribution in [0.1, 0.15) is 47.7 Å². The second-order valence-electron chi connectivity index (χ2n) is 7.56. The highest BCUT2D eigenvalue weighted by atomic mass is 16.5. The molecule has 0 bridgehead atoms. The lowest BCUT2D eigenvalue weighted by Gasteiger charge is -2.27. The molecule has 0 aliphatic carbocycles. The van der Waals surface area contributed by atoms with Gasteiger partial charge in [0.05, 0.1) is 18.6 Å². The number of hydrogen-bond donors (Lipinski definition) is 4. The van der Waals surface area contributed by atoms with Gasteiger partial charge in [-0.3, -0.25) is 4.79 Å². The van der Waals surface area contributed by atoms with Crippen molar-refractivity contribution in [1.29, 1.82) is 0 Å². The summed E-state index contributed by atoms with van der Waals surface area (Å²) in [4.78, 5) is 13.1. The third-order valence-electron chi connectivity index (χ3n) is 4.87. The number of hydrogen-bond acceptors (Lipinski definition) is 7. The largest absolute Gasteiger partial charge is 0.508 e. The van der Waals surface area contributed by atoms with Gasteiger partial charge < -0.3 is 29.9 Å². The van der Waals surface area contributed by atoms with Gasteiger partial charge in [-0.1, -0.05) is 6.07 Å². The summed E-state index contributed by atoms with van der Waals surface area (Å²) < 4.78 is 11.1. The van der Waals surface area contributed by atoms with E-state index in [1.165, 1.54) is 19.2 Å². The number of fused-ring (bicyclic) bond motifs is 1. The molecule has 0 fully saturated rings. The highest BCUT2D eigenvalue weighted by Crippen LogP contribution is 2.44. The minimum Gasteiger partial charge on any atom is -0.508 e. The van der Waals surface area contributed by atoms with E-state index in [0.717, 1.165) is 6.07 Å². The maximum absolute atomic E-state index is 13.1. The predicted molar refractivity (Wildman–Crippen MR) is 102 cm³/mol. The smallest absolute Gasteiger partial charge is 0.181 e. The maximum atomic E-state index is 13.1. The fraction of sp³-hybridized carbons (Fsp3) is 0.381. The van der Waals surface area contributed by atoms with E-state index < -0.39 is 11.5 Å². The lowest BCUT2D eigenvalue weighted by atomic mass is 9.85. The van der Waals surface area contributed by atoms with Crippen molar-refractivity contribution >= 4 is 5.78 Å². The highest BCUT2D eigenvalue weighted by Gasteiger charge is 2.35. The fourth-order valence-corrected chi connectivity index (χ4v) is 3.43. The van der Waals surface area contributed by atoms with Crippen LogP contribution in [0.3, 0.4) is 0 Å². The summed E-state index contributed by atoms with van der Waals surface area (Å²) in [5.74, 6) is -1.17. The van der Waals surface area contributed by atoms with Crippen molar-refractivity contribution < 1.29 is 34.7 Å². The van der Waals surface area contributed by atoms with E-state index in [1.807, 2.05) is 0 Å². The van der Waals surface area contributed by atoms with Crippen LogP contribution in [0.15, 0.2) is 24.3 Å². The first-order valence-corrected chi connectivity index (χ1v) is 8.96. The van der Waals surface area contributed by atoms with E-state index in [1.54, 1.807) is 19.9 Å². The Hall–Kier alpha value is -2.93. The predicted octanol–water partition coefficient (Wildman–Crippen LogP) is 2.87. The van der Waals surface area contributed by atoms with E-state index in [0.29, 0.717) is 29.7 Å². The summed E-state index contributed by atoms with van der Waals surface area (Å²) in [5.41, 5.74) is 0.0938. The van der Waals surface area contributed by atoms with Crippen molar-refractivity contribution in [2.24, 2.45) is 0 Å². The molecule has 4 N–H and O–H groups in total. The van der Waals surface area contributed by atoms with E-state index >= 15 is 0 Å². The van der Waals surface area contributed by atoms with Gasteiger partial charge in [0, 0.05) is 23.3 Å². The monoisotopic (exact) mass is 388 g/mol. The Morgan fingerprint density at radius 2 is 1.89 bits per heavy atom. The van der Waals surface area contributed by atoms with Gasteiger partial charge >= 0.3 is 0 Å². The lowest BCUT2D eigenvalue weighted by Crippen LogP contribution is -2.27. The van der Waals surface area contributed by atoms with Crippen molar-refractivity contribution in [2.45, 2.75) is 38.2 Å². The second kappa shape index (κ2) is 7.24. The fourth-order valence-electron chi connectivity index (χ4n) is 3.43. The van der Waals surface area contributed by atoms with Crippen LogP contribution in [0.25, 0.3) is 0 Å². The summed E-state index contributed by atoms with van der Waals surface area (Å²) in [6.45, 7) is 3.35. The summed E-state index contributed by atoms with van der Waals surface area (Å²) in [6, 6.07) is 5.45. The average Bonchev–Trinajstić information content (AvgIpc) is 2.59. The van der Waals surface area contributed by atoms with Crippen LogP contribution in [0, 0.1) is 0 Å². The highest BCUT2D eigenvalue weighted by molar-refractivity contribution is 6.07. The number of carbonyl (C=O) groups is 1. The van der Waals surface area contributed by atoms with Crippen molar-refractivity contribution in [3.05, 3.63) is 41.0 Å². The van der Waals surface area contributed by atoms with Gasteiger partial charge in [-0.15, -0.1) is 0 Å². The van der Waals surface area contributed by atoms with Crippen molar-refractivity contribution in [3.8, 4) is 28.7 Å². The zero-order valence-corrected chi connectivity index (χ0v) is 16.0.